The largest absolute Gasteiger partial charge is 0.501 e. The molecule has 0 heterocycles. The van der Waals surface area contributed by atoms with Crippen LogP contribution in [-0.2, 0) is 10.2 Å². The Morgan fingerprint density at radius 2 is 2.07 bits per heavy atom. The monoisotopic (exact) mass is 254 g/mol. The van der Waals surface area contributed by atoms with Crippen molar-refractivity contribution in [2.45, 2.75) is 19.3 Å². The Kier molecular flexibility index (Phi) is 3.38. The van der Waals surface area contributed by atoms with Crippen LogP contribution in [0.15, 0.2) is 41.1 Å². The van der Waals surface area contributed by atoms with Crippen LogP contribution in [0.3, 0.4) is 0 Å². The van der Waals surface area contributed by atoms with Gasteiger partial charge in [0.1, 0.15) is 0 Å². The van der Waals surface area contributed by atoms with Crippen LogP contribution < -0.4 is 0 Å². The van der Waals surface area contributed by atoms with Crippen molar-refractivity contribution >= 4 is 15.9 Å². The Morgan fingerprint density at radius 3 is 2.57 bits per heavy atom. The van der Waals surface area contributed by atoms with Crippen molar-refractivity contribution < 1.29 is 4.74 Å². The summed E-state index contributed by atoms with van der Waals surface area (Å²) >= 11 is 3.46. The lowest BCUT2D eigenvalue weighted by molar-refractivity contribution is 0.237. The van der Waals surface area contributed by atoms with Crippen molar-refractivity contribution in [2.24, 2.45) is 0 Å². The van der Waals surface area contributed by atoms with Gasteiger partial charge in [0.05, 0.1) is 12.9 Å². The minimum absolute atomic E-state index is 0.154. The van der Waals surface area contributed by atoms with Gasteiger partial charge < -0.3 is 4.74 Å². The van der Waals surface area contributed by atoms with Crippen molar-refractivity contribution in [3.05, 3.63) is 46.6 Å². The lowest BCUT2D eigenvalue weighted by Gasteiger charge is -2.26. The standard InChI is InChI=1S/C12H15BrO/c1-9(14-4)12(2,3)10-6-5-7-11(13)8-10/h5-8H,1H2,2-4H3. The van der Waals surface area contributed by atoms with Gasteiger partial charge in [0.15, 0.2) is 0 Å². The van der Waals surface area contributed by atoms with Gasteiger partial charge in [0.25, 0.3) is 0 Å². The first-order valence-corrected chi connectivity index (χ1v) is 5.27. The summed E-state index contributed by atoms with van der Waals surface area (Å²) in [5.41, 5.74) is 1.04. The van der Waals surface area contributed by atoms with Crippen LogP contribution in [0.1, 0.15) is 19.4 Å². The van der Waals surface area contributed by atoms with Crippen LogP contribution in [0, 0.1) is 0 Å². The molecule has 1 nitrogen and oxygen atoms in total. The average Bonchev–Trinajstić information content (AvgIpc) is 2.16. The number of methoxy groups -OCH3 is 1. The van der Waals surface area contributed by atoms with Crippen molar-refractivity contribution in [1.29, 1.82) is 0 Å². The molecule has 76 valence electrons. The molecule has 0 atom stereocenters. The molecule has 0 aliphatic carbocycles. The predicted molar refractivity (Wildman–Crippen MR) is 63.3 cm³/mol. The lowest BCUT2D eigenvalue weighted by atomic mass is 9.83. The van der Waals surface area contributed by atoms with E-state index in [-0.39, 0.29) is 5.41 Å². The SMILES string of the molecule is C=C(OC)C(C)(C)c1cccc(Br)c1. The molecule has 0 fully saturated rings. The zero-order chi connectivity index (χ0) is 10.8. The second kappa shape index (κ2) is 4.18. The number of benzene rings is 1. The molecule has 0 aromatic heterocycles. The first-order chi connectivity index (χ1) is 6.48. The van der Waals surface area contributed by atoms with E-state index < -0.39 is 0 Å². The smallest absolute Gasteiger partial charge is 0.0983 e. The molecule has 14 heavy (non-hydrogen) atoms. The van der Waals surface area contributed by atoms with Crippen LogP contribution in [0.4, 0.5) is 0 Å². The molecular formula is C12H15BrO. The third-order valence-electron chi connectivity index (χ3n) is 2.49. The van der Waals surface area contributed by atoms with Crippen LogP contribution in [-0.4, -0.2) is 7.11 Å². The zero-order valence-electron chi connectivity index (χ0n) is 8.80. The minimum Gasteiger partial charge on any atom is -0.501 e. The van der Waals surface area contributed by atoms with E-state index in [9.17, 15) is 0 Å². The maximum Gasteiger partial charge on any atom is 0.0983 e. The molecule has 0 saturated heterocycles. The highest BCUT2D eigenvalue weighted by Gasteiger charge is 2.25. The van der Waals surface area contributed by atoms with Gasteiger partial charge in [-0.15, -0.1) is 0 Å². The van der Waals surface area contributed by atoms with Crippen molar-refractivity contribution in [3.63, 3.8) is 0 Å². The third-order valence-corrected chi connectivity index (χ3v) is 2.98. The van der Waals surface area contributed by atoms with Gasteiger partial charge in [-0.05, 0) is 31.5 Å². The summed E-state index contributed by atoms with van der Waals surface area (Å²) in [6.45, 7) is 8.11. The maximum absolute atomic E-state index is 5.20. The van der Waals surface area contributed by atoms with E-state index in [4.69, 9.17) is 4.74 Å². The predicted octanol–water partition coefficient (Wildman–Crippen LogP) is 3.89. The van der Waals surface area contributed by atoms with E-state index in [2.05, 4.69) is 48.5 Å². The molecule has 0 radical (unpaired) electrons. The van der Waals surface area contributed by atoms with Gasteiger partial charge >= 0.3 is 0 Å². The Morgan fingerprint density at radius 1 is 1.43 bits per heavy atom. The number of halogens is 1. The summed E-state index contributed by atoms with van der Waals surface area (Å²) in [5.74, 6) is 0.774. The molecule has 1 aromatic rings. The first kappa shape index (κ1) is 11.3. The molecule has 0 unspecified atom stereocenters. The highest BCUT2D eigenvalue weighted by Crippen LogP contribution is 2.31. The van der Waals surface area contributed by atoms with Gasteiger partial charge in [0.2, 0.25) is 0 Å². The fraction of sp³-hybridized carbons (Fsp3) is 0.333. The number of allylic oxidation sites excluding steroid dienone is 1. The third kappa shape index (κ3) is 2.18. The van der Waals surface area contributed by atoms with Crippen LogP contribution >= 0.6 is 15.9 Å². The Labute approximate surface area is 93.9 Å². The molecule has 0 saturated carbocycles. The van der Waals surface area contributed by atoms with E-state index in [0.717, 1.165) is 10.2 Å². The van der Waals surface area contributed by atoms with Gasteiger partial charge in [-0.25, -0.2) is 0 Å². The summed E-state index contributed by atoms with van der Waals surface area (Å²) in [6.07, 6.45) is 0. The van der Waals surface area contributed by atoms with Gasteiger partial charge in [-0.2, -0.15) is 0 Å². The van der Waals surface area contributed by atoms with Crippen molar-refractivity contribution in [2.75, 3.05) is 7.11 Å². The fourth-order valence-corrected chi connectivity index (χ4v) is 1.69. The fourth-order valence-electron chi connectivity index (χ4n) is 1.29. The van der Waals surface area contributed by atoms with Crippen LogP contribution in [0.5, 0.6) is 0 Å². The molecule has 0 amide bonds. The molecule has 0 aliphatic rings. The lowest BCUT2D eigenvalue weighted by Crippen LogP contribution is -2.20. The zero-order valence-corrected chi connectivity index (χ0v) is 10.4. The van der Waals surface area contributed by atoms with E-state index in [1.807, 2.05) is 12.1 Å². The Bertz CT molecular complexity index is 342. The van der Waals surface area contributed by atoms with Crippen LogP contribution in [0.2, 0.25) is 0 Å². The van der Waals surface area contributed by atoms with Crippen molar-refractivity contribution in [1.82, 2.24) is 0 Å². The van der Waals surface area contributed by atoms with E-state index in [1.165, 1.54) is 5.56 Å². The summed E-state index contributed by atoms with van der Waals surface area (Å²) in [6, 6.07) is 8.19. The highest BCUT2D eigenvalue weighted by atomic mass is 79.9. The second-order valence-electron chi connectivity index (χ2n) is 3.76. The minimum atomic E-state index is -0.154. The van der Waals surface area contributed by atoms with Gasteiger partial charge in [-0.3, -0.25) is 0 Å². The molecule has 1 aromatic carbocycles. The number of hydrogen-bond acceptors (Lipinski definition) is 1. The quantitative estimate of drug-likeness (QED) is 0.744. The summed E-state index contributed by atoms with van der Waals surface area (Å²) in [5, 5.41) is 0. The summed E-state index contributed by atoms with van der Waals surface area (Å²) in [4.78, 5) is 0. The van der Waals surface area contributed by atoms with E-state index in [0.29, 0.717) is 0 Å². The summed E-state index contributed by atoms with van der Waals surface area (Å²) < 4.78 is 6.28. The number of rotatable bonds is 3. The van der Waals surface area contributed by atoms with Gasteiger partial charge in [0, 0.05) is 9.89 Å². The van der Waals surface area contributed by atoms with E-state index >= 15 is 0 Å². The van der Waals surface area contributed by atoms with Crippen molar-refractivity contribution in [3.8, 4) is 0 Å². The molecule has 1 rings (SSSR count). The molecule has 0 bridgehead atoms. The summed E-state index contributed by atoms with van der Waals surface area (Å²) in [7, 11) is 1.65. The normalized spacial score (nSPS) is 11.1. The highest BCUT2D eigenvalue weighted by molar-refractivity contribution is 9.10. The average molecular weight is 255 g/mol. The molecule has 0 aliphatic heterocycles. The second-order valence-corrected chi connectivity index (χ2v) is 4.68. The maximum atomic E-state index is 5.20. The Hall–Kier alpha value is -0.760. The Balaban J connectivity index is 3.09. The molecular weight excluding hydrogens is 240 g/mol. The van der Waals surface area contributed by atoms with E-state index in [1.54, 1.807) is 7.11 Å². The number of hydrogen-bond donors (Lipinski definition) is 0. The van der Waals surface area contributed by atoms with Gasteiger partial charge in [-0.1, -0.05) is 34.6 Å². The first-order valence-electron chi connectivity index (χ1n) is 4.48. The topological polar surface area (TPSA) is 9.23 Å². The molecule has 0 N–H and O–H groups in total. The van der Waals surface area contributed by atoms with Crippen LogP contribution in [0.25, 0.3) is 0 Å². The molecule has 0 spiro atoms. The number of ether oxygens (including phenoxy) is 1. The molecule has 2 heteroatoms.